The number of nitrogens with zero attached hydrogens (tertiary/aromatic N) is 3. The summed E-state index contributed by atoms with van der Waals surface area (Å²) in [6, 6.07) is 0.518. The molecule has 0 aromatic carbocycles. The van der Waals surface area contributed by atoms with Gasteiger partial charge in [0.25, 0.3) is 0 Å². The molecule has 1 aromatic heterocycles. The normalized spacial score (nSPS) is 21.2. The molecule has 1 aliphatic heterocycles. The van der Waals surface area contributed by atoms with Gasteiger partial charge in [0, 0.05) is 25.6 Å². The Labute approximate surface area is 114 Å². The molecule has 2 rings (SSSR count). The van der Waals surface area contributed by atoms with Crippen LogP contribution in [0.1, 0.15) is 38.1 Å². The number of ether oxygens (including phenoxy) is 1. The summed E-state index contributed by atoms with van der Waals surface area (Å²) in [6.45, 7) is 7.76. The van der Waals surface area contributed by atoms with Crippen LogP contribution in [-0.2, 0) is 11.2 Å². The lowest BCUT2D eigenvalue weighted by molar-refractivity contribution is -0.0264. The van der Waals surface area contributed by atoms with E-state index in [1.54, 1.807) is 0 Å². The van der Waals surface area contributed by atoms with Crippen molar-refractivity contribution in [2.75, 3.05) is 33.3 Å². The number of likely N-dealkylation sites (N-methyl/N-ethyl adjacent to an activating group) is 1. The van der Waals surface area contributed by atoms with E-state index in [1.165, 1.54) is 0 Å². The Balaban J connectivity index is 1.78. The first-order chi connectivity index (χ1) is 9.15. The summed E-state index contributed by atoms with van der Waals surface area (Å²) in [5.74, 6) is 1.38. The lowest BCUT2D eigenvalue weighted by atomic mass is 10.2. The van der Waals surface area contributed by atoms with E-state index < -0.39 is 0 Å². The van der Waals surface area contributed by atoms with Gasteiger partial charge in [-0.2, -0.15) is 4.98 Å². The van der Waals surface area contributed by atoms with Crippen molar-refractivity contribution in [2.24, 2.45) is 0 Å². The number of aromatic nitrogens is 2. The maximum Gasteiger partial charge on any atom is 0.226 e. The van der Waals surface area contributed by atoms with E-state index in [1.807, 2.05) is 0 Å². The van der Waals surface area contributed by atoms with Crippen molar-refractivity contribution in [3.63, 3.8) is 0 Å². The van der Waals surface area contributed by atoms with E-state index in [0.717, 1.165) is 39.1 Å². The van der Waals surface area contributed by atoms with Crippen LogP contribution in [0.15, 0.2) is 4.52 Å². The first-order valence-corrected chi connectivity index (χ1v) is 7.01. The minimum Gasteiger partial charge on any atom is -0.367 e. The van der Waals surface area contributed by atoms with Crippen LogP contribution < -0.4 is 5.32 Å². The number of aryl methyl sites for hydroxylation is 1. The molecule has 1 fully saturated rings. The molecule has 1 aromatic rings. The third-order valence-corrected chi connectivity index (χ3v) is 3.16. The van der Waals surface area contributed by atoms with Crippen molar-refractivity contribution >= 4 is 0 Å². The summed E-state index contributed by atoms with van der Waals surface area (Å²) in [5, 5.41) is 7.40. The van der Waals surface area contributed by atoms with E-state index in [-0.39, 0.29) is 6.10 Å². The molecule has 6 nitrogen and oxygen atoms in total. The van der Waals surface area contributed by atoms with Crippen LogP contribution in [0.2, 0.25) is 0 Å². The second-order valence-electron chi connectivity index (χ2n) is 5.38. The first kappa shape index (κ1) is 14.4. The molecular formula is C13H24N4O2. The van der Waals surface area contributed by atoms with Crippen molar-refractivity contribution in [3.05, 3.63) is 11.7 Å². The Morgan fingerprint density at radius 1 is 1.47 bits per heavy atom. The van der Waals surface area contributed by atoms with Crippen molar-refractivity contribution in [1.29, 1.82) is 0 Å². The van der Waals surface area contributed by atoms with Gasteiger partial charge in [-0.15, -0.1) is 0 Å². The molecule has 0 amide bonds. The summed E-state index contributed by atoms with van der Waals surface area (Å²) >= 11 is 0. The Bertz CT molecular complexity index is 380. The highest BCUT2D eigenvalue weighted by Gasteiger charge is 2.24. The molecule has 0 bridgehead atoms. The van der Waals surface area contributed by atoms with Gasteiger partial charge in [0.1, 0.15) is 6.10 Å². The average molecular weight is 268 g/mol. The Hall–Kier alpha value is -0.980. The van der Waals surface area contributed by atoms with Gasteiger partial charge in [-0.1, -0.05) is 19.0 Å². The zero-order valence-corrected chi connectivity index (χ0v) is 12.1. The Morgan fingerprint density at radius 2 is 2.32 bits per heavy atom. The van der Waals surface area contributed by atoms with E-state index in [0.29, 0.717) is 17.8 Å². The molecule has 0 spiro atoms. The van der Waals surface area contributed by atoms with Crippen LogP contribution in [0.5, 0.6) is 0 Å². The molecule has 0 radical (unpaired) electrons. The molecule has 1 atom stereocenters. The van der Waals surface area contributed by atoms with Gasteiger partial charge in [0.05, 0.1) is 6.61 Å². The number of nitrogens with one attached hydrogen (secondary N) is 1. The largest absolute Gasteiger partial charge is 0.367 e. The van der Waals surface area contributed by atoms with E-state index in [2.05, 4.69) is 41.3 Å². The SMILES string of the molecule is CC(C)NCCCc1nc(C2CN(C)CCO2)no1. The quantitative estimate of drug-likeness (QED) is 0.777. The molecule has 108 valence electrons. The molecule has 2 heterocycles. The zero-order chi connectivity index (χ0) is 13.7. The average Bonchev–Trinajstić information content (AvgIpc) is 2.83. The predicted molar refractivity (Wildman–Crippen MR) is 71.9 cm³/mol. The van der Waals surface area contributed by atoms with Gasteiger partial charge < -0.3 is 19.5 Å². The Kier molecular flexibility index (Phi) is 5.30. The number of hydrogen-bond donors (Lipinski definition) is 1. The fraction of sp³-hybridized carbons (Fsp3) is 0.846. The second kappa shape index (κ2) is 6.98. The van der Waals surface area contributed by atoms with Crippen LogP contribution in [-0.4, -0.2) is 54.4 Å². The van der Waals surface area contributed by atoms with Gasteiger partial charge >= 0.3 is 0 Å². The predicted octanol–water partition coefficient (Wildman–Crippen LogP) is 1.00. The molecular weight excluding hydrogens is 244 g/mol. The number of morpholine rings is 1. The van der Waals surface area contributed by atoms with Crippen molar-refractivity contribution in [2.45, 2.75) is 38.8 Å². The molecule has 1 aliphatic rings. The topological polar surface area (TPSA) is 63.4 Å². The van der Waals surface area contributed by atoms with Crippen molar-refractivity contribution < 1.29 is 9.26 Å². The zero-order valence-electron chi connectivity index (χ0n) is 12.1. The van der Waals surface area contributed by atoms with E-state index >= 15 is 0 Å². The third-order valence-electron chi connectivity index (χ3n) is 3.16. The minimum absolute atomic E-state index is 0.0509. The van der Waals surface area contributed by atoms with Crippen LogP contribution in [0, 0.1) is 0 Å². The number of hydrogen-bond acceptors (Lipinski definition) is 6. The summed E-state index contributed by atoms with van der Waals surface area (Å²) in [6.07, 6.45) is 1.77. The highest BCUT2D eigenvalue weighted by molar-refractivity contribution is 4.94. The molecule has 1 N–H and O–H groups in total. The summed E-state index contributed by atoms with van der Waals surface area (Å²) in [7, 11) is 2.08. The molecule has 19 heavy (non-hydrogen) atoms. The van der Waals surface area contributed by atoms with Gasteiger partial charge in [-0.3, -0.25) is 0 Å². The lowest BCUT2D eigenvalue weighted by Gasteiger charge is -2.27. The lowest BCUT2D eigenvalue weighted by Crippen LogP contribution is -2.35. The van der Waals surface area contributed by atoms with Crippen LogP contribution in [0.4, 0.5) is 0 Å². The summed E-state index contributed by atoms with van der Waals surface area (Å²) < 4.78 is 10.9. The maximum absolute atomic E-state index is 5.67. The van der Waals surface area contributed by atoms with E-state index in [4.69, 9.17) is 9.26 Å². The summed E-state index contributed by atoms with van der Waals surface area (Å²) in [5.41, 5.74) is 0. The second-order valence-corrected chi connectivity index (χ2v) is 5.38. The first-order valence-electron chi connectivity index (χ1n) is 7.01. The third kappa shape index (κ3) is 4.56. The molecule has 1 unspecified atom stereocenters. The molecule has 6 heteroatoms. The summed E-state index contributed by atoms with van der Waals surface area (Å²) in [4.78, 5) is 6.65. The van der Waals surface area contributed by atoms with Crippen molar-refractivity contribution in [3.8, 4) is 0 Å². The van der Waals surface area contributed by atoms with Crippen molar-refractivity contribution in [1.82, 2.24) is 20.4 Å². The van der Waals surface area contributed by atoms with E-state index in [9.17, 15) is 0 Å². The smallest absolute Gasteiger partial charge is 0.226 e. The molecule has 1 saturated heterocycles. The maximum atomic E-state index is 5.67. The standard InChI is InChI=1S/C13H24N4O2/c1-10(2)14-6-4-5-12-15-13(16-19-12)11-9-17(3)7-8-18-11/h10-11,14H,4-9H2,1-3H3. The molecule has 0 saturated carbocycles. The minimum atomic E-state index is -0.0509. The van der Waals surface area contributed by atoms with Crippen LogP contribution in [0.25, 0.3) is 0 Å². The number of rotatable bonds is 6. The fourth-order valence-corrected chi connectivity index (χ4v) is 2.06. The van der Waals surface area contributed by atoms with Crippen LogP contribution in [0.3, 0.4) is 0 Å². The fourth-order valence-electron chi connectivity index (χ4n) is 2.06. The monoisotopic (exact) mass is 268 g/mol. The van der Waals surface area contributed by atoms with Crippen LogP contribution >= 0.6 is 0 Å². The molecule has 0 aliphatic carbocycles. The highest BCUT2D eigenvalue weighted by Crippen LogP contribution is 2.18. The van der Waals surface area contributed by atoms with Gasteiger partial charge in [0.2, 0.25) is 11.7 Å². The van der Waals surface area contributed by atoms with Gasteiger partial charge in [0.15, 0.2) is 0 Å². The highest BCUT2D eigenvalue weighted by atomic mass is 16.5. The van der Waals surface area contributed by atoms with Gasteiger partial charge in [-0.25, -0.2) is 0 Å². The Morgan fingerprint density at radius 3 is 3.05 bits per heavy atom. The van der Waals surface area contributed by atoms with Gasteiger partial charge in [-0.05, 0) is 20.0 Å².